The summed E-state index contributed by atoms with van der Waals surface area (Å²) in [6.07, 6.45) is 0. The van der Waals surface area contributed by atoms with Crippen molar-refractivity contribution in [2.75, 3.05) is 0 Å². The molecular formula is C14H12BrFOZn. The Morgan fingerprint density at radius 2 is 1.89 bits per heavy atom. The van der Waals surface area contributed by atoms with Gasteiger partial charge in [0.2, 0.25) is 0 Å². The summed E-state index contributed by atoms with van der Waals surface area (Å²) in [5, 5.41) is 0. The second kappa shape index (κ2) is 8.39. The second-order valence-corrected chi connectivity index (χ2v) is 3.63. The van der Waals surface area contributed by atoms with E-state index < -0.39 is 0 Å². The van der Waals surface area contributed by atoms with Crippen LogP contribution >= 0.6 is 13.6 Å². The molecule has 0 heterocycles. The monoisotopic (exact) mass is 358 g/mol. The molecule has 0 aliphatic heterocycles. The van der Waals surface area contributed by atoms with E-state index in [0.29, 0.717) is 6.61 Å². The van der Waals surface area contributed by atoms with Gasteiger partial charge in [0.1, 0.15) is 6.61 Å². The molecule has 0 atom stereocenters. The predicted octanol–water partition coefficient (Wildman–Crippen LogP) is 4.36. The molecule has 1 nitrogen and oxygen atoms in total. The zero-order chi connectivity index (χ0) is 13.4. The molecule has 2 aromatic carbocycles. The number of aryl methyl sites for hydroxylation is 1. The Balaban J connectivity index is 0.000000771. The van der Waals surface area contributed by atoms with Gasteiger partial charge in [0.05, 0.1) is 0 Å². The summed E-state index contributed by atoms with van der Waals surface area (Å²) in [6, 6.07) is 15.1. The SMILES string of the molecule is Cc1ccc(COc2cc[c-]cc2F)cc1.[Zn+][Br]. The number of rotatable bonds is 3. The normalized spacial score (nSPS) is 9.39. The first-order valence-electron chi connectivity index (χ1n) is 5.36. The van der Waals surface area contributed by atoms with Crippen LogP contribution in [0.15, 0.2) is 42.5 Å². The van der Waals surface area contributed by atoms with Crippen LogP contribution in [0.2, 0.25) is 0 Å². The minimum atomic E-state index is -0.380. The van der Waals surface area contributed by atoms with Gasteiger partial charge in [0, 0.05) is 11.6 Å². The molecule has 0 spiro atoms. The molecule has 0 radical (unpaired) electrons. The molecule has 18 heavy (non-hydrogen) atoms. The summed E-state index contributed by atoms with van der Waals surface area (Å²) in [6.45, 7) is 2.40. The molecular weight excluding hydrogens is 348 g/mol. The Bertz CT molecular complexity index is 473. The summed E-state index contributed by atoms with van der Waals surface area (Å²) in [4.78, 5) is 0. The van der Waals surface area contributed by atoms with Crippen molar-refractivity contribution in [3.05, 3.63) is 65.5 Å². The van der Waals surface area contributed by atoms with E-state index in [1.165, 1.54) is 28.0 Å². The zero-order valence-corrected chi connectivity index (χ0v) is 14.7. The van der Waals surface area contributed by atoms with Crippen molar-refractivity contribution >= 4 is 13.6 Å². The Morgan fingerprint density at radius 1 is 1.22 bits per heavy atom. The average molecular weight is 361 g/mol. The summed E-state index contributed by atoms with van der Waals surface area (Å²) in [5.74, 6) is -0.117. The van der Waals surface area contributed by atoms with Crippen LogP contribution in [-0.4, -0.2) is 0 Å². The van der Waals surface area contributed by atoms with Crippen LogP contribution in [0.5, 0.6) is 5.75 Å². The number of halogens is 2. The van der Waals surface area contributed by atoms with Gasteiger partial charge in [-0.3, -0.25) is 4.39 Å². The summed E-state index contributed by atoms with van der Waals surface area (Å²) in [7, 11) is 0. The Hall–Kier alpha value is -0.727. The fourth-order valence-corrected chi connectivity index (χ4v) is 1.36. The van der Waals surface area contributed by atoms with Crippen molar-refractivity contribution in [1.29, 1.82) is 0 Å². The third-order valence-corrected chi connectivity index (χ3v) is 2.29. The number of hydrogen-bond acceptors (Lipinski definition) is 1. The first-order valence-corrected chi connectivity index (χ1v) is 12.3. The first kappa shape index (κ1) is 15.3. The Morgan fingerprint density at radius 3 is 2.50 bits per heavy atom. The molecule has 90 valence electrons. The van der Waals surface area contributed by atoms with Gasteiger partial charge in [0.25, 0.3) is 0 Å². The number of benzene rings is 2. The van der Waals surface area contributed by atoms with Crippen molar-refractivity contribution in [2.24, 2.45) is 0 Å². The van der Waals surface area contributed by atoms with Gasteiger partial charge in [-0.25, -0.2) is 0 Å². The topological polar surface area (TPSA) is 9.23 Å². The molecule has 0 N–H and O–H groups in total. The molecule has 2 aromatic rings. The van der Waals surface area contributed by atoms with Crippen LogP contribution in [-0.2, 0) is 22.9 Å². The van der Waals surface area contributed by atoms with Crippen molar-refractivity contribution < 1.29 is 25.5 Å². The van der Waals surface area contributed by atoms with Crippen LogP contribution in [0.4, 0.5) is 4.39 Å². The van der Waals surface area contributed by atoms with Crippen LogP contribution < -0.4 is 4.74 Å². The van der Waals surface area contributed by atoms with Gasteiger partial charge in [0.15, 0.2) is 0 Å². The Labute approximate surface area is 123 Å². The van der Waals surface area contributed by atoms with Crippen molar-refractivity contribution in [2.45, 2.75) is 13.5 Å². The minimum absolute atomic E-state index is 0.263. The van der Waals surface area contributed by atoms with E-state index in [1.807, 2.05) is 31.2 Å². The van der Waals surface area contributed by atoms with Crippen molar-refractivity contribution in [3.63, 3.8) is 0 Å². The van der Waals surface area contributed by atoms with E-state index in [-0.39, 0.29) is 11.6 Å². The van der Waals surface area contributed by atoms with E-state index in [9.17, 15) is 4.39 Å². The molecule has 2 rings (SSSR count). The van der Waals surface area contributed by atoms with Gasteiger partial charge in [-0.15, -0.1) is 12.1 Å². The number of hydrogen-bond donors (Lipinski definition) is 0. The van der Waals surface area contributed by atoms with E-state index in [1.54, 1.807) is 12.1 Å². The molecule has 0 aliphatic carbocycles. The molecule has 4 heteroatoms. The maximum absolute atomic E-state index is 13.2. The molecule has 0 saturated carbocycles. The van der Waals surface area contributed by atoms with Gasteiger partial charge >= 0.3 is 30.0 Å². The van der Waals surface area contributed by atoms with Crippen LogP contribution in [0.1, 0.15) is 11.1 Å². The van der Waals surface area contributed by atoms with Gasteiger partial charge in [-0.2, -0.15) is 12.1 Å². The van der Waals surface area contributed by atoms with Crippen LogP contribution in [0.3, 0.4) is 0 Å². The van der Waals surface area contributed by atoms with E-state index in [2.05, 4.69) is 19.7 Å². The maximum atomic E-state index is 13.2. The van der Waals surface area contributed by atoms with Gasteiger partial charge in [-0.05, 0) is 12.5 Å². The molecule has 0 saturated heterocycles. The quantitative estimate of drug-likeness (QED) is 0.584. The molecule has 0 aromatic heterocycles. The van der Waals surface area contributed by atoms with Crippen molar-refractivity contribution in [1.82, 2.24) is 0 Å². The molecule has 0 aliphatic rings. The van der Waals surface area contributed by atoms with Gasteiger partial charge in [-0.1, -0.05) is 29.8 Å². The van der Waals surface area contributed by atoms with E-state index in [0.717, 1.165) is 5.56 Å². The summed E-state index contributed by atoms with van der Waals surface area (Å²) < 4.78 is 18.6. The third kappa shape index (κ3) is 4.87. The van der Waals surface area contributed by atoms with E-state index >= 15 is 0 Å². The molecule has 0 unspecified atom stereocenters. The van der Waals surface area contributed by atoms with Crippen LogP contribution in [0, 0.1) is 18.8 Å². The molecule has 0 amide bonds. The average Bonchev–Trinajstić information content (AvgIpc) is 2.42. The third-order valence-electron chi connectivity index (χ3n) is 2.29. The Kier molecular flexibility index (Phi) is 7.14. The van der Waals surface area contributed by atoms with Gasteiger partial charge < -0.3 is 4.74 Å². The molecule has 0 fully saturated rings. The molecule has 0 bridgehead atoms. The van der Waals surface area contributed by atoms with E-state index in [4.69, 9.17) is 4.74 Å². The van der Waals surface area contributed by atoms with Crippen LogP contribution in [0.25, 0.3) is 0 Å². The summed E-state index contributed by atoms with van der Waals surface area (Å²) >= 11 is 4.25. The fourth-order valence-electron chi connectivity index (χ4n) is 1.36. The zero-order valence-electron chi connectivity index (χ0n) is 10.1. The predicted molar refractivity (Wildman–Crippen MR) is 69.7 cm³/mol. The summed E-state index contributed by atoms with van der Waals surface area (Å²) in [5.41, 5.74) is 2.22. The standard InChI is InChI=1S/C14H12FO.BrH.Zn/c1-11-6-8-12(9-7-11)10-16-14-5-3-2-4-13(14)15;;/h3-9H,10H2,1H3;1H;/q-1;;+2/p-1. The first-order chi connectivity index (χ1) is 8.75. The second-order valence-electron chi connectivity index (χ2n) is 3.63. The fraction of sp³-hybridized carbons (Fsp3) is 0.143. The number of ether oxygens (including phenoxy) is 1. The van der Waals surface area contributed by atoms with Crippen molar-refractivity contribution in [3.8, 4) is 5.75 Å².